The van der Waals surface area contributed by atoms with Gasteiger partial charge in [-0.25, -0.2) is 9.37 Å². The average molecular weight is 351 g/mol. The number of benzene rings is 2. The van der Waals surface area contributed by atoms with Crippen molar-refractivity contribution in [1.29, 1.82) is 0 Å². The minimum atomic E-state index is -0.122. The molecule has 4 rings (SSSR count). The molecule has 1 fully saturated rings. The SMILES string of the molecule is Fc1ccccc1CN1CCN(Cc2ncc(-c3ccccc3)o2)CC1. The van der Waals surface area contributed by atoms with E-state index >= 15 is 0 Å². The molecule has 0 radical (unpaired) electrons. The molecule has 1 aliphatic heterocycles. The van der Waals surface area contributed by atoms with Crippen LogP contribution in [0.4, 0.5) is 4.39 Å². The second-order valence-corrected chi connectivity index (χ2v) is 6.63. The minimum Gasteiger partial charge on any atom is -0.439 e. The average Bonchev–Trinajstić information content (AvgIpc) is 3.14. The summed E-state index contributed by atoms with van der Waals surface area (Å²) in [6.45, 7) is 5.06. The molecule has 1 aliphatic rings. The largest absolute Gasteiger partial charge is 0.439 e. The smallest absolute Gasteiger partial charge is 0.209 e. The maximum Gasteiger partial charge on any atom is 0.209 e. The number of nitrogens with zero attached hydrogens (tertiary/aromatic N) is 3. The van der Waals surface area contributed by atoms with E-state index in [0.717, 1.165) is 49.0 Å². The van der Waals surface area contributed by atoms with Crippen molar-refractivity contribution in [2.75, 3.05) is 26.2 Å². The first-order chi connectivity index (χ1) is 12.8. The summed E-state index contributed by atoms with van der Waals surface area (Å²) in [7, 11) is 0. The van der Waals surface area contributed by atoms with Gasteiger partial charge in [-0.3, -0.25) is 9.80 Å². The molecule has 0 spiro atoms. The highest BCUT2D eigenvalue weighted by molar-refractivity contribution is 5.55. The van der Waals surface area contributed by atoms with Crippen molar-refractivity contribution in [2.24, 2.45) is 0 Å². The highest BCUT2D eigenvalue weighted by Crippen LogP contribution is 2.21. The standard InChI is InChI=1S/C21H22FN3O/c22-19-9-5-4-8-18(19)15-24-10-12-25(13-11-24)16-21-23-14-20(26-21)17-6-2-1-3-7-17/h1-9,14H,10-13,15-16H2. The van der Waals surface area contributed by atoms with Gasteiger partial charge in [-0.15, -0.1) is 0 Å². The van der Waals surface area contributed by atoms with Crippen LogP contribution in [0.5, 0.6) is 0 Å². The van der Waals surface area contributed by atoms with Crippen molar-refractivity contribution >= 4 is 0 Å². The molecule has 26 heavy (non-hydrogen) atoms. The Kier molecular flexibility index (Phi) is 5.09. The molecule has 134 valence electrons. The summed E-state index contributed by atoms with van der Waals surface area (Å²) in [6.07, 6.45) is 1.79. The van der Waals surface area contributed by atoms with E-state index in [1.54, 1.807) is 12.3 Å². The van der Waals surface area contributed by atoms with Gasteiger partial charge in [0.1, 0.15) is 5.82 Å². The van der Waals surface area contributed by atoms with E-state index in [9.17, 15) is 4.39 Å². The third kappa shape index (κ3) is 4.00. The second kappa shape index (κ2) is 7.81. The van der Waals surface area contributed by atoms with E-state index < -0.39 is 0 Å². The quantitative estimate of drug-likeness (QED) is 0.700. The summed E-state index contributed by atoms with van der Waals surface area (Å²) < 4.78 is 19.7. The van der Waals surface area contributed by atoms with Crippen LogP contribution in [0.15, 0.2) is 65.2 Å². The Bertz CT molecular complexity index is 841. The Labute approximate surface area is 152 Å². The summed E-state index contributed by atoms with van der Waals surface area (Å²) in [6, 6.07) is 17.0. The summed E-state index contributed by atoms with van der Waals surface area (Å²) in [5.41, 5.74) is 1.81. The zero-order chi connectivity index (χ0) is 17.8. The lowest BCUT2D eigenvalue weighted by atomic mass is 10.2. The molecule has 4 nitrogen and oxygen atoms in total. The molecule has 0 bridgehead atoms. The molecule has 3 aromatic rings. The minimum absolute atomic E-state index is 0.122. The van der Waals surface area contributed by atoms with E-state index in [2.05, 4.69) is 14.8 Å². The van der Waals surface area contributed by atoms with E-state index in [1.165, 1.54) is 6.07 Å². The summed E-state index contributed by atoms with van der Waals surface area (Å²) >= 11 is 0. The molecule has 2 aromatic carbocycles. The van der Waals surface area contributed by atoms with Crippen molar-refractivity contribution in [3.8, 4) is 11.3 Å². The van der Waals surface area contributed by atoms with E-state index in [1.807, 2.05) is 42.5 Å². The first-order valence-corrected chi connectivity index (χ1v) is 8.96. The van der Waals surface area contributed by atoms with Gasteiger partial charge in [0.25, 0.3) is 0 Å². The van der Waals surface area contributed by atoms with Crippen LogP contribution in [-0.4, -0.2) is 41.0 Å². The monoisotopic (exact) mass is 351 g/mol. The van der Waals surface area contributed by atoms with Gasteiger partial charge >= 0.3 is 0 Å². The molecule has 5 heteroatoms. The van der Waals surface area contributed by atoms with Crippen LogP contribution in [0.2, 0.25) is 0 Å². The van der Waals surface area contributed by atoms with Crippen LogP contribution in [0.3, 0.4) is 0 Å². The van der Waals surface area contributed by atoms with Gasteiger partial charge in [0.05, 0.1) is 12.7 Å². The van der Waals surface area contributed by atoms with Gasteiger partial charge in [-0.05, 0) is 6.07 Å². The molecule has 2 heterocycles. The van der Waals surface area contributed by atoms with Gasteiger partial charge in [0.2, 0.25) is 5.89 Å². The highest BCUT2D eigenvalue weighted by Gasteiger charge is 2.19. The Morgan fingerprint density at radius 2 is 1.50 bits per heavy atom. The van der Waals surface area contributed by atoms with Gasteiger partial charge in [-0.1, -0.05) is 48.5 Å². The van der Waals surface area contributed by atoms with Crippen LogP contribution < -0.4 is 0 Å². The highest BCUT2D eigenvalue weighted by atomic mass is 19.1. The van der Waals surface area contributed by atoms with Crippen molar-refractivity contribution < 1.29 is 8.81 Å². The van der Waals surface area contributed by atoms with Crippen molar-refractivity contribution in [2.45, 2.75) is 13.1 Å². The van der Waals surface area contributed by atoms with Crippen LogP contribution in [0.25, 0.3) is 11.3 Å². The molecule has 0 N–H and O–H groups in total. The number of rotatable bonds is 5. The van der Waals surface area contributed by atoms with Crippen LogP contribution >= 0.6 is 0 Å². The molecule has 1 saturated heterocycles. The Balaban J connectivity index is 1.30. The predicted molar refractivity (Wildman–Crippen MR) is 98.9 cm³/mol. The first kappa shape index (κ1) is 16.9. The predicted octanol–water partition coefficient (Wildman–Crippen LogP) is 3.80. The van der Waals surface area contributed by atoms with Crippen molar-refractivity contribution in [3.05, 3.63) is 78.1 Å². The Morgan fingerprint density at radius 1 is 0.846 bits per heavy atom. The molecular weight excluding hydrogens is 329 g/mol. The van der Waals surface area contributed by atoms with Crippen molar-refractivity contribution in [3.63, 3.8) is 0 Å². The zero-order valence-corrected chi connectivity index (χ0v) is 14.6. The van der Waals surface area contributed by atoms with E-state index in [4.69, 9.17) is 4.42 Å². The summed E-state index contributed by atoms with van der Waals surface area (Å²) in [4.78, 5) is 9.04. The van der Waals surface area contributed by atoms with Gasteiger partial charge in [0.15, 0.2) is 5.76 Å². The molecule has 0 saturated carbocycles. The fourth-order valence-corrected chi connectivity index (χ4v) is 3.28. The normalized spacial score (nSPS) is 16.0. The number of hydrogen-bond acceptors (Lipinski definition) is 4. The third-order valence-electron chi connectivity index (χ3n) is 4.79. The fraction of sp³-hybridized carbons (Fsp3) is 0.286. The van der Waals surface area contributed by atoms with Crippen molar-refractivity contribution in [1.82, 2.24) is 14.8 Å². The topological polar surface area (TPSA) is 32.5 Å². The first-order valence-electron chi connectivity index (χ1n) is 8.96. The Hall–Kier alpha value is -2.50. The molecule has 0 aliphatic carbocycles. The maximum absolute atomic E-state index is 13.8. The van der Waals surface area contributed by atoms with Gasteiger partial charge in [-0.2, -0.15) is 0 Å². The number of piperazine rings is 1. The number of oxazole rings is 1. The fourth-order valence-electron chi connectivity index (χ4n) is 3.28. The Morgan fingerprint density at radius 3 is 2.23 bits per heavy atom. The lowest BCUT2D eigenvalue weighted by Gasteiger charge is -2.34. The number of aromatic nitrogens is 1. The number of halogens is 1. The third-order valence-corrected chi connectivity index (χ3v) is 4.79. The second-order valence-electron chi connectivity index (χ2n) is 6.63. The summed E-state index contributed by atoms with van der Waals surface area (Å²) in [5, 5.41) is 0. The van der Waals surface area contributed by atoms with Gasteiger partial charge in [0, 0.05) is 43.9 Å². The number of hydrogen-bond donors (Lipinski definition) is 0. The lowest BCUT2D eigenvalue weighted by molar-refractivity contribution is 0.114. The van der Waals surface area contributed by atoms with E-state index in [0.29, 0.717) is 13.1 Å². The molecule has 0 atom stereocenters. The molecule has 1 aromatic heterocycles. The molecular formula is C21H22FN3O. The molecule has 0 amide bonds. The van der Waals surface area contributed by atoms with Crippen LogP contribution in [0.1, 0.15) is 11.5 Å². The van der Waals surface area contributed by atoms with Crippen LogP contribution in [-0.2, 0) is 13.1 Å². The van der Waals surface area contributed by atoms with Gasteiger partial charge < -0.3 is 4.42 Å². The summed E-state index contributed by atoms with van der Waals surface area (Å²) in [5.74, 6) is 1.42. The van der Waals surface area contributed by atoms with E-state index in [-0.39, 0.29) is 5.82 Å². The zero-order valence-electron chi connectivity index (χ0n) is 14.6. The molecule has 0 unspecified atom stereocenters. The lowest BCUT2D eigenvalue weighted by Crippen LogP contribution is -2.45. The maximum atomic E-state index is 13.8. The van der Waals surface area contributed by atoms with Crippen LogP contribution in [0, 0.1) is 5.82 Å².